The molecule has 2 aromatic rings. The Morgan fingerprint density at radius 1 is 0.683 bits per heavy atom. The van der Waals surface area contributed by atoms with Gasteiger partial charge in [0.05, 0.1) is 59.9 Å². The van der Waals surface area contributed by atoms with Crippen LogP contribution in [-0.4, -0.2) is 99.8 Å². The second-order valence-electron chi connectivity index (χ2n) is 8.95. The number of aliphatic hydroxyl groups is 2. The number of ether oxygens (including phenoxy) is 8. The zero-order valence-electron chi connectivity index (χ0n) is 23.3. The van der Waals surface area contributed by atoms with Crippen molar-refractivity contribution in [1.29, 1.82) is 0 Å². The van der Waals surface area contributed by atoms with Gasteiger partial charge < -0.3 is 53.2 Å². The number of aliphatic carboxylic acids is 1. The van der Waals surface area contributed by atoms with Crippen LogP contribution in [0.5, 0.6) is 34.5 Å². The van der Waals surface area contributed by atoms with E-state index >= 15 is 0 Å². The van der Waals surface area contributed by atoms with Gasteiger partial charge in [-0.25, -0.2) is 14.4 Å². The Hall–Kier alpha value is -4.43. The molecule has 41 heavy (non-hydrogen) atoms. The number of rotatable bonds is 11. The number of methoxy groups -OCH3 is 6. The lowest BCUT2D eigenvalue weighted by molar-refractivity contribution is -0.187. The minimum atomic E-state index is -2.48. The topological polar surface area (TPSA) is 186 Å². The van der Waals surface area contributed by atoms with Gasteiger partial charge in [0.15, 0.2) is 34.7 Å². The zero-order chi connectivity index (χ0) is 30.5. The number of esters is 2. The summed E-state index contributed by atoms with van der Waals surface area (Å²) in [6.07, 6.45) is -6.27. The van der Waals surface area contributed by atoms with E-state index in [2.05, 4.69) is 0 Å². The fourth-order valence-corrected chi connectivity index (χ4v) is 4.48. The molecule has 0 aromatic heterocycles. The zero-order valence-corrected chi connectivity index (χ0v) is 23.3. The van der Waals surface area contributed by atoms with E-state index in [9.17, 15) is 29.7 Å². The molecule has 0 saturated heterocycles. The van der Waals surface area contributed by atoms with Crippen LogP contribution in [0.15, 0.2) is 24.3 Å². The highest BCUT2D eigenvalue weighted by Gasteiger charge is 2.52. The Labute approximate surface area is 235 Å². The largest absolute Gasteiger partial charge is 0.493 e. The van der Waals surface area contributed by atoms with Gasteiger partial charge in [-0.15, -0.1) is 0 Å². The molecule has 0 bridgehead atoms. The molecular formula is C27H32O14. The summed E-state index contributed by atoms with van der Waals surface area (Å²) in [6.45, 7) is 0. The summed E-state index contributed by atoms with van der Waals surface area (Å²) < 4.78 is 42.5. The van der Waals surface area contributed by atoms with E-state index in [1.54, 1.807) is 0 Å². The molecular weight excluding hydrogens is 548 g/mol. The lowest BCUT2D eigenvalue weighted by atomic mass is 9.79. The van der Waals surface area contributed by atoms with Crippen molar-refractivity contribution < 1.29 is 67.6 Å². The molecule has 224 valence electrons. The van der Waals surface area contributed by atoms with Crippen molar-refractivity contribution in [2.24, 2.45) is 0 Å². The standard InChI is InChI=1S/C27H32O14/c1-34-16-7-13(8-17(35-2)22(16)38-5)24(29)40-20-12-27(33,26(31)32)11-15(28)21(20)41-25(30)14-9-18(36-3)23(39-6)19(10-14)37-4/h7-10,15,20-21,28,33H,11-12H2,1-6H3,(H,31,32)/t15-,20-,21-,27+/m1/s1. The Bertz CT molecular complexity index is 1240. The van der Waals surface area contributed by atoms with E-state index in [4.69, 9.17) is 37.9 Å². The van der Waals surface area contributed by atoms with Crippen LogP contribution in [0.2, 0.25) is 0 Å². The van der Waals surface area contributed by atoms with E-state index in [0.717, 1.165) is 0 Å². The third-order valence-corrected chi connectivity index (χ3v) is 6.53. The SMILES string of the molecule is COc1cc(C(=O)O[C@@H]2[C@H](O)C[C@@](O)(C(=O)O)C[C@H]2OC(=O)c2cc(OC)c(OC)c(OC)c2)cc(OC)c1OC. The van der Waals surface area contributed by atoms with Crippen molar-refractivity contribution in [3.8, 4) is 34.5 Å². The smallest absolute Gasteiger partial charge is 0.338 e. The molecule has 1 saturated carbocycles. The summed E-state index contributed by atoms with van der Waals surface area (Å²) in [5.74, 6) is -2.66. The number of carbonyl (C=O) groups excluding carboxylic acids is 2. The first-order valence-corrected chi connectivity index (χ1v) is 12.1. The minimum absolute atomic E-state index is 0.0690. The Morgan fingerprint density at radius 2 is 1.07 bits per heavy atom. The first kappa shape index (κ1) is 31.1. The van der Waals surface area contributed by atoms with Crippen LogP contribution in [-0.2, 0) is 14.3 Å². The molecule has 1 aliphatic rings. The quantitative estimate of drug-likeness (QED) is 0.324. The second-order valence-corrected chi connectivity index (χ2v) is 8.95. The third-order valence-electron chi connectivity index (χ3n) is 6.53. The van der Waals surface area contributed by atoms with Gasteiger partial charge in [-0.3, -0.25) is 0 Å². The summed E-state index contributed by atoms with van der Waals surface area (Å²) in [4.78, 5) is 38.2. The molecule has 2 aromatic carbocycles. The predicted molar refractivity (Wildman–Crippen MR) is 138 cm³/mol. The maximum absolute atomic E-state index is 13.2. The van der Waals surface area contributed by atoms with Crippen LogP contribution < -0.4 is 28.4 Å². The molecule has 0 spiro atoms. The van der Waals surface area contributed by atoms with Gasteiger partial charge in [-0.05, 0) is 24.3 Å². The average molecular weight is 581 g/mol. The van der Waals surface area contributed by atoms with Crippen molar-refractivity contribution in [1.82, 2.24) is 0 Å². The van der Waals surface area contributed by atoms with Crippen LogP contribution in [0, 0.1) is 0 Å². The average Bonchev–Trinajstić information content (AvgIpc) is 2.96. The fraction of sp³-hybridized carbons (Fsp3) is 0.444. The fourth-order valence-electron chi connectivity index (χ4n) is 4.48. The van der Waals surface area contributed by atoms with Crippen molar-refractivity contribution in [2.45, 2.75) is 36.8 Å². The first-order chi connectivity index (χ1) is 19.5. The van der Waals surface area contributed by atoms with Crippen molar-refractivity contribution in [3.05, 3.63) is 35.4 Å². The van der Waals surface area contributed by atoms with Crippen LogP contribution in [0.25, 0.3) is 0 Å². The molecule has 3 N–H and O–H groups in total. The molecule has 14 heteroatoms. The van der Waals surface area contributed by atoms with Gasteiger partial charge in [0, 0.05) is 12.8 Å². The summed E-state index contributed by atoms with van der Waals surface area (Å²) in [7, 11) is 8.14. The summed E-state index contributed by atoms with van der Waals surface area (Å²) in [5, 5.41) is 31.1. The van der Waals surface area contributed by atoms with Crippen LogP contribution >= 0.6 is 0 Å². The molecule has 1 aliphatic carbocycles. The maximum Gasteiger partial charge on any atom is 0.338 e. The van der Waals surface area contributed by atoms with E-state index in [-0.39, 0.29) is 45.6 Å². The lowest BCUT2D eigenvalue weighted by Gasteiger charge is -2.40. The van der Waals surface area contributed by atoms with E-state index in [1.807, 2.05) is 0 Å². The summed E-state index contributed by atoms with van der Waals surface area (Å²) in [6, 6.07) is 5.21. The summed E-state index contributed by atoms with van der Waals surface area (Å²) >= 11 is 0. The molecule has 0 radical (unpaired) electrons. The maximum atomic E-state index is 13.2. The first-order valence-electron chi connectivity index (χ1n) is 12.1. The van der Waals surface area contributed by atoms with E-state index < -0.39 is 54.7 Å². The number of hydrogen-bond acceptors (Lipinski definition) is 13. The number of aliphatic hydroxyl groups excluding tert-OH is 1. The van der Waals surface area contributed by atoms with Crippen molar-refractivity contribution in [3.63, 3.8) is 0 Å². The number of carboxylic acid groups (broad SMARTS) is 1. The highest BCUT2D eigenvalue weighted by molar-refractivity contribution is 5.92. The molecule has 1 fully saturated rings. The Kier molecular flexibility index (Phi) is 9.73. The molecule has 4 atom stereocenters. The van der Waals surface area contributed by atoms with E-state index in [0.29, 0.717) is 0 Å². The number of carboxylic acids is 1. The number of hydrogen-bond donors (Lipinski definition) is 3. The number of carbonyl (C=O) groups is 3. The Morgan fingerprint density at radius 3 is 1.41 bits per heavy atom. The Balaban J connectivity index is 1.97. The van der Waals surface area contributed by atoms with Crippen LogP contribution in [0.1, 0.15) is 33.6 Å². The molecule has 3 rings (SSSR count). The monoisotopic (exact) mass is 580 g/mol. The normalized spacial score (nSPS) is 21.7. The molecule has 0 unspecified atom stereocenters. The third kappa shape index (κ3) is 6.33. The molecule has 0 aliphatic heterocycles. The highest BCUT2D eigenvalue weighted by Crippen LogP contribution is 2.41. The van der Waals surface area contributed by atoms with Gasteiger partial charge in [0.1, 0.15) is 6.10 Å². The molecule has 0 amide bonds. The van der Waals surface area contributed by atoms with Crippen LogP contribution in [0.4, 0.5) is 0 Å². The number of benzene rings is 2. The van der Waals surface area contributed by atoms with Gasteiger partial charge in [-0.1, -0.05) is 0 Å². The second kappa shape index (κ2) is 12.8. The van der Waals surface area contributed by atoms with Crippen LogP contribution in [0.3, 0.4) is 0 Å². The molecule has 0 heterocycles. The lowest BCUT2D eigenvalue weighted by Crippen LogP contribution is -2.58. The predicted octanol–water partition coefficient (Wildman–Crippen LogP) is 1.46. The van der Waals surface area contributed by atoms with Gasteiger partial charge in [0.2, 0.25) is 11.5 Å². The van der Waals surface area contributed by atoms with Gasteiger partial charge in [-0.2, -0.15) is 0 Å². The summed E-state index contributed by atoms with van der Waals surface area (Å²) in [5.41, 5.74) is -2.64. The van der Waals surface area contributed by atoms with Gasteiger partial charge in [0.25, 0.3) is 0 Å². The highest BCUT2D eigenvalue weighted by atomic mass is 16.6. The van der Waals surface area contributed by atoms with Gasteiger partial charge >= 0.3 is 17.9 Å². The molecule has 14 nitrogen and oxygen atoms in total. The van der Waals surface area contributed by atoms with E-state index in [1.165, 1.54) is 66.9 Å². The van der Waals surface area contributed by atoms with Crippen molar-refractivity contribution >= 4 is 17.9 Å². The van der Waals surface area contributed by atoms with Crippen molar-refractivity contribution in [2.75, 3.05) is 42.7 Å². The minimum Gasteiger partial charge on any atom is -0.493 e.